The lowest BCUT2D eigenvalue weighted by Crippen LogP contribution is -2.19. The maximum atomic E-state index is 14.1. The van der Waals surface area contributed by atoms with E-state index in [1.54, 1.807) is 48.0 Å². The lowest BCUT2D eigenvalue weighted by molar-refractivity contribution is -0.137. The van der Waals surface area contributed by atoms with Crippen LogP contribution >= 0.6 is 0 Å². The van der Waals surface area contributed by atoms with Gasteiger partial charge in [0.1, 0.15) is 18.2 Å². The summed E-state index contributed by atoms with van der Waals surface area (Å²) < 4.78 is 31.0. The summed E-state index contributed by atoms with van der Waals surface area (Å²) in [5.41, 5.74) is 2.52. The third-order valence-corrected chi connectivity index (χ3v) is 5.15. The quantitative estimate of drug-likeness (QED) is 0.539. The van der Waals surface area contributed by atoms with Crippen LogP contribution in [0.1, 0.15) is 11.3 Å². The van der Waals surface area contributed by atoms with E-state index < -0.39 is 17.6 Å². The van der Waals surface area contributed by atoms with Crippen LogP contribution in [-0.4, -0.2) is 20.2 Å². The molecule has 0 unspecified atom stereocenters. The number of nitrogens with zero attached hydrogens (tertiary/aromatic N) is 2. The summed E-state index contributed by atoms with van der Waals surface area (Å²) in [5.74, 6) is -1.88. The summed E-state index contributed by atoms with van der Waals surface area (Å²) in [6.07, 6.45) is 1.59. The molecule has 1 N–H and O–H groups in total. The molecule has 0 aliphatic carbocycles. The van der Waals surface area contributed by atoms with E-state index in [1.807, 2.05) is 0 Å². The Morgan fingerprint density at radius 1 is 1.07 bits per heavy atom. The molecule has 0 radical (unpaired) electrons. The Hall–Kier alpha value is -3.74. The number of fused-ring (bicyclic) bond motifs is 1. The van der Waals surface area contributed by atoms with Crippen LogP contribution in [0.4, 0.5) is 8.78 Å². The summed E-state index contributed by atoms with van der Waals surface area (Å²) in [6.45, 7) is 1.52. The van der Waals surface area contributed by atoms with Crippen LogP contribution in [0.25, 0.3) is 22.0 Å². The van der Waals surface area contributed by atoms with E-state index in [0.29, 0.717) is 33.3 Å². The SMILES string of the molecule is Cc1c(-c2ccc(=O)n(Cc3ccccc3F)c2)c2cc(F)ccc2n1CC(=O)O. The first-order valence-corrected chi connectivity index (χ1v) is 9.29. The molecule has 0 fully saturated rings. The van der Waals surface area contributed by atoms with Crippen molar-refractivity contribution in [3.8, 4) is 11.1 Å². The molecule has 4 rings (SSSR count). The predicted octanol–water partition coefficient (Wildman–Crippen LogP) is 4.19. The van der Waals surface area contributed by atoms with E-state index in [0.717, 1.165) is 0 Å². The molecule has 0 bridgehead atoms. The number of rotatable bonds is 5. The van der Waals surface area contributed by atoms with Crippen LogP contribution < -0.4 is 5.56 Å². The van der Waals surface area contributed by atoms with Crippen molar-refractivity contribution < 1.29 is 18.7 Å². The number of carboxylic acid groups (broad SMARTS) is 1. The molecule has 7 heteroatoms. The third-order valence-electron chi connectivity index (χ3n) is 5.15. The number of aromatic nitrogens is 2. The summed E-state index contributed by atoms with van der Waals surface area (Å²) in [6, 6.07) is 13.4. The molecular formula is C23H18F2N2O3. The zero-order valence-electron chi connectivity index (χ0n) is 16.1. The van der Waals surface area contributed by atoms with Gasteiger partial charge in [0.15, 0.2) is 0 Å². The van der Waals surface area contributed by atoms with Crippen LogP contribution in [0.3, 0.4) is 0 Å². The van der Waals surface area contributed by atoms with E-state index in [4.69, 9.17) is 0 Å². The molecular weight excluding hydrogens is 390 g/mol. The lowest BCUT2D eigenvalue weighted by atomic mass is 10.0. The van der Waals surface area contributed by atoms with Gasteiger partial charge in [-0.1, -0.05) is 18.2 Å². The van der Waals surface area contributed by atoms with E-state index in [1.165, 1.54) is 28.8 Å². The second-order valence-corrected chi connectivity index (χ2v) is 7.08. The minimum atomic E-state index is -1.02. The minimum Gasteiger partial charge on any atom is -0.480 e. The second kappa shape index (κ2) is 7.59. The first-order valence-electron chi connectivity index (χ1n) is 9.29. The number of aliphatic carboxylic acids is 1. The number of halogens is 2. The first kappa shape index (κ1) is 19.6. The Labute approximate surface area is 170 Å². The lowest BCUT2D eigenvalue weighted by Gasteiger charge is -2.10. The number of hydrogen-bond acceptors (Lipinski definition) is 2. The Bertz CT molecular complexity index is 1340. The van der Waals surface area contributed by atoms with Crippen molar-refractivity contribution in [1.82, 2.24) is 9.13 Å². The fourth-order valence-electron chi connectivity index (χ4n) is 3.77. The van der Waals surface area contributed by atoms with E-state index in [2.05, 4.69) is 0 Å². The smallest absolute Gasteiger partial charge is 0.323 e. The molecule has 4 aromatic rings. The molecule has 5 nitrogen and oxygen atoms in total. The molecule has 152 valence electrons. The van der Waals surface area contributed by atoms with Crippen molar-refractivity contribution in [2.75, 3.05) is 0 Å². The predicted molar refractivity (Wildman–Crippen MR) is 109 cm³/mol. The Kier molecular flexibility index (Phi) is 4.95. The number of benzene rings is 2. The van der Waals surface area contributed by atoms with Crippen LogP contribution in [-0.2, 0) is 17.9 Å². The summed E-state index contributed by atoms with van der Waals surface area (Å²) in [4.78, 5) is 23.7. The van der Waals surface area contributed by atoms with Crippen molar-refractivity contribution in [1.29, 1.82) is 0 Å². The molecule has 0 aliphatic heterocycles. The Morgan fingerprint density at radius 2 is 1.83 bits per heavy atom. The highest BCUT2D eigenvalue weighted by Crippen LogP contribution is 2.34. The van der Waals surface area contributed by atoms with Crippen LogP contribution in [0.5, 0.6) is 0 Å². The summed E-state index contributed by atoms with van der Waals surface area (Å²) >= 11 is 0. The fourth-order valence-corrected chi connectivity index (χ4v) is 3.77. The molecule has 2 heterocycles. The van der Waals surface area contributed by atoms with Crippen molar-refractivity contribution in [2.24, 2.45) is 0 Å². The van der Waals surface area contributed by atoms with Gasteiger partial charge in [0.05, 0.1) is 6.54 Å². The number of pyridine rings is 1. The van der Waals surface area contributed by atoms with Gasteiger partial charge < -0.3 is 14.2 Å². The average Bonchev–Trinajstić information content (AvgIpc) is 2.96. The zero-order chi connectivity index (χ0) is 21.4. The molecule has 0 atom stereocenters. The van der Waals surface area contributed by atoms with Crippen molar-refractivity contribution in [2.45, 2.75) is 20.0 Å². The van der Waals surface area contributed by atoms with Crippen molar-refractivity contribution >= 4 is 16.9 Å². The number of carbonyl (C=O) groups is 1. The van der Waals surface area contributed by atoms with Crippen LogP contribution in [0.15, 0.2) is 65.6 Å². The van der Waals surface area contributed by atoms with Crippen LogP contribution in [0, 0.1) is 18.6 Å². The van der Waals surface area contributed by atoms with Gasteiger partial charge in [-0.05, 0) is 37.3 Å². The van der Waals surface area contributed by atoms with Crippen LogP contribution in [0.2, 0.25) is 0 Å². The molecule has 0 spiro atoms. The van der Waals surface area contributed by atoms with E-state index in [-0.39, 0.29) is 18.6 Å². The molecule has 30 heavy (non-hydrogen) atoms. The molecule has 0 saturated heterocycles. The largest absolute Gasteiger partial charge is 0.480 e. The normalized spacial score (nSPS) is 11.2. The van der Waals surface area contributed by atoms with Gasteiger partial charge in [-0.3, -0.25) is 9.59 Å². The van der Waals surface area contributed by atoms with Gasteiger partial charge in [-0.2, -0.15) is 0 Å². The number of carboxylic acids is 1. The van der Waals surface area contributed by atoms with Gasteiger partial charge in [0.2, 0.25) is 0 Å². The van der Waals surface area contributed by atoms with Gasteiger partial charge in [0.25, 0.3) is 5.56 Å². The molecule has 0 amide bonds. The third kappa shape index (κ3) is 3.50. The monoisotopic (exact) mass is 408 g/mol. The molecule has 0 saturated carbocycles. The zero-order valence-corrected chi connectivity index (χ0v) is 16.1. The first-order chi connectivity index (χ1) is 14.3. The summed E-state index contributed by atoms with van der Waals surface area (Å²) in [7, 11) is 0. The molecule has 2 aromatic heterocycles. The van der Waals surface area contributed by atoms with E-state index >= 15 is 0 Å². The molecule has 2 aromatic carbocycles. The van der Waals surface area contributed by atoms with E-state index in [9.17, 15) is 23.5 Å². The highest BCUT2D eigenvalue weighted by atomic mass is 19.1. The van der Waals surface area contributed by atoms with Gasteiger partial charge in [-0.25, -0.2) is 8.78 Å². The van der Waals surface area contributed by atoms with Crippen molar-refractivity contribution in [3.63, 3.8) is 0 Å². The maximum absolute atomic E-state index is 14.1. The topological polar surface area (TPSA) is 64.2 Å². The summed E-state index contributed by atoms with van der Waals surface area (Å²) in [5, 5.41) is 9.83. The minimum absolute atomic E-state index is 0.0422. The van der Waals surface area contributed by atoms with Gasteiger partial charge in [-0.15, -0.1) is 0 Å². The Balaban J connectivity index is 1.90. The highest BCUT2D eigenvalue weighted by molar-refractivity contribution is 5.98. The Morgan fingerprint density at radius 3 is 2.57 bits per heavy atom. The highest BCUT2D eigenvalue weighted by Gasteiger charge is 2.18. The standard InChI is InChI=1S/C23H18F2N2O3/c1-14-23(18-10-17(24)7-8-20(18)27(14)13-22(29)30)16-6-9-21(28)26(12-16)11-15-4-2-3-5-19(15)25/h2-10,12H,11,13H2,1H3,(H,29,30). The van der Waals surface area contributed by atoms with Gasteiger partial charge in [0, 0.05) is 45.6 Å². The second-order valence-electron chi connectivity index (χ2n) is 7.08. The number of hydrogen-bond donors (Lipinski definition) is 1. The van der Waals surface area contributed by atoms with Crippen molar-refractivity contribution in [3.05, 3.63) is 94.0 Å². The maximum Gasteiger partial charge on any atom is 0.323 e. The van der Waals surface area contributed by atoms with Gasteiger partial charge >= 0.3 is 5.97 Å². The molecule has 0 aliphatic rings. The fraction of sp³-hybridized carbons (Fsp3) is 0.130. The average molecular weight is 408 g/mol.